The number of carbonyl (C=O) groups excluding carboxylic acids is 1. The molecule has 0 aromatic heterocycles. The molecule has 0 heterocycles. The standard InChI is InChI=1S/C21H20O4/c1-14(22)20-12-17(21(23)24-2)10-16-11-18(8-9-19(16)20)25-13-15-6-4-3-5-7-15/h3-12,14,22H,13H2,1-2H3. The Morgan fingerprint density at radius 2 is 1.84 bits per heavy atom. The van der Waals surface area contributed by atoms with Crippen molar-refractivity contribution in [1.82, 2.24) is 0 Å². The van der Waals surface area contributed by atoms with Crippen LogP contribution in [0.3, 0.4) is 0 Å². The maximum atomic E-state index is 11.9. The van der Waals surface area contributed by atoms with Crippen molar-refractivity contribution in [3.05, 3.63) is 77.4 Å². The highest BCUT2D eigenvalue weighted by Gasteiger charge is 2.14. The third kappa shape index (κ3) is 3.80. The number of fused-ring (bicyclic) bond motifs is 1. The second-order valence-electron chi connectivity index (χ2n) is 5.89. The normalized spacial score (nSPS) is 12.0. The molecule has 1 atom stereocenters. The lowest BCUT2D eigenvalue weighted by atomic mass is 9.97. The smallest absolute Gasteiger partial charge is 0.337 e. The number of ether oxygens (including phenoxy) is 2. The van der Waals surface area contributed by atoms with Gasteiger partial charge in [-0.05, 0) is 53.1 Å². The van der Waals surface area contributed by atoms with Gasteiger partial charge in [-0.1, -0.05) is 36.4 Å². The largest absolute Gasteiger partial charge is 0.489 e. The first-order valence-electron chi connectivity index (χ1n) is 8.09. The van der Waals surface area contributed by atoms with Crippen molar-refractivity contribution in [2.45, 2.75) is 19.6 Å². The molecule has 1 N–H and O–H groups in total. The first-order chi connectivity index (χ1) is 12.1. The molecule has 0 saturated carbocycles. The molecule has 0 aliphatic rings. The highest BCUT2D eigenvalue weighted by molar-refractivity contribution is 5.97. The molecular weight excluding hydrogens is 316 g/mol. The molecule has 4 heteroatoms. The predicted octanol–water partition coefficient (Wildman–Crippen LogP) is 4.26. The SMILES string of the molecule is COC(=O)c1cc(C(C)O)c2ccc(OCc3ccccc3)cc2c1. The fourth-order valence-corrected chi connectivity index (χ4v) is 2.79. The Bertz CT molecular complexity index is 885. The van der Waals surface area contributed by atoms with E-state index >= 15 is 0 Å². The van der Waals surface area contributed by atoms with Crippen LogP contribution in [0.15, 0.2) is 60.7 Å². The molecule has 0 aliphatic heterocycles. The molecule has 0 spiro atoms. The zero-order chi connectivity index (χ0) is 17.8. The first-order valence-corrected chi connectivity index (χ1v) is 8.09. The Morgan fingerprint density at radius 1 is 1.08 bits per heavy atom. The molecule has 128 valence electrons. The van der Waals surface area contributed by atoms with Gasteiger partial charge < -0.3 is 14.6 Å². The van der Waals surface area contributed by atoms with Gasteiger partial charge in [0.1, 0.15) is 12.4 Å². The Hall–Kier alpha value is -2.85. The topological polar surface area (TPSA) is 55.8 Å². The molecule has 0 bridgehead atoms. The summed E-state index contributed by atoms with van der Waals surface area (Å²) < 4.78 is 10.7. The quantitative estimate of drug-likeness (QED) is 0.707. The molecule has 3 aromatic rings. The fourth-order valence-electron chi connectivity index (χ4n) is 2.79. The zero-order valence-corrected chi connectivity index (χ0v) is 14.2. The van der Waals surface area contributed by atoms with E-state index < -0.39 is 12.1 Å². The molecule has 0 fully saturated rings. The van der Waals surface area contributed by atoms with Crippen LogP contribution >= 0.6 is 0 Å². The summed E-state index contributed by atoms with van der Waals surface area (Å²) in [6.45, 7) is 2.14. The van der Waals surface area contributed by atoms with Gasteiger partial charge in [-0.2, -0.15) is 0 Å². The van der Waals surface area contributed by atoms with Crippen molar-refractivity contribution >= 4 is 16.7 Å². The van der Waals surface area contributed by atoms with Crippen LogP contribution in [0, 0.1) is 0 Å². The second-order valence-corrected chi connectivity index (χ2v) is 5.89. The average Bonchev–Trinajstić information content (AvgIpc) is 2.65. The third-order valence-electron chi connectivity index (χ3n) is 4.08. The lowest BCUT2D eigenvalue weighted by Gasteiger charge is -2.13. The van der Waals surface area contributed by atoms with Gasteiger partial charge in [-0.3, -0.25) is 0 Å². The van der Waals surface area contributed by atoms with Gasteiger partial charge in [0.05, 0.1) is 18.8 Å². The highest BCUT2D eigenvalue weighted by Crippen LogP contribution is 2.30. The van der Waals surface area contributed by atoms with E-state index in [4.69, 9.17) is 9.47 Å². The van der Waals surface area contributed by atoms with E-state index in [-0.39, 0.29) is 0 Å². The first kappa shape index (κ1) is 17.0. The Morgan fingerprint density at radius 3 is 2.52 bits per heavy atom. The van der Waals surface area contributed by atoms with Crippen molar-refractivity contribution in [2.24, 2.45) is 0 Å². The van der Waals surface area contributed by atoms with Gasteiger partial charge >= 0.3 is 5.97 Å². The number of methoxy groups -OCH3 is 1. The third-order valence-corrected chi connectivity index (χ3v) is 4.08. The predicted molar refractivity (Wildman–Crippen MR) is 96.7 cm³/mol. The van der Waals surface area contributed by atoms with E-state index in [9.17, 15) is 9.90 Å². The summed E-state index contributed by atoms with van der Waals surface area (Å²) in [5.74, 6) is 0.273. The minimum atomic E-state index is -0.691. The van der Waals surface area contributed by atoms with Crippen molar-refractivity contribution in [1.29, 1.82) is 0 Å². The van der Waals surface area contributed by atoms with Crippen LogP contribution in [0.1, 0.15) is 34.5 Å². The lowest BCUT2D eigenvalue weighted by Crippen LogP contribution is -2.04. The number of carbonyl (C=O) groups is 1. The van der Waals surface area contributed by atoms with Crippen LogP contribution < -0.4 is 4.74 Å². The molecule has 0 radical (unpaired) electrons. The molecule has 3 aromatic carbocycles. The number of hydrogen-bond donors (Lipinski definition) is 1. The molecule has 1 unspecified atom stereocenters. The van der Waals surface area contributed by atoms with Crippen molar-refractivity contribution in [3.8, 4) is 5.75 Å². The highest BCUT2D eigenvalue weighted by atomic mass is 16.5. The number of esters is 1. The van der Waals surface area contributed by atoms with Crippen LogP contribution in [0.2, 0.25) is 0 Å². The van der Waals surface area contributed by atoms with Crippen LogP contribution in [-0.2, 0) is 11.3 Å². The summed E-state index contributed by atoms with van der Waals surface area (Å²) in [4.78, 5) is 11.9. The molecular formula is C21H20O4. The van der Waals surface area contributed by atoms with Crippen molar-refractivity contribution < 1.29 is 19.4 Å². The number of hydrogen-bond acceptors (Lipinski definition) is 4. The average molecular weight is 336 g/mol. The van der Waals surface area contributed by atoms with E-state index in [0.29, 0.717) is 23.5 Å². The number of aliphatic hydroxyl groups is 1. The van der Waals surface area contributed by atoms with Crippen LogP contribution in [0.25, 0.3) is 10.8 Å². The maximum absolute atomic E-state index is 11.9. The number of rotatable bonds is 5. The molecule has 3 rings (SSSR count). The number of benzene rings is 3. The summed E-state index contributed by atoms with van der Waals surface area (Å²) in [7, 11) is 1.34. The van der Waals surface area contributed by atoms with Gasteiger partial charge in [-0.15, -0.1) is 0 Å². The minimum absolute atomic E-state index is 0.408. The fraction of sp³-hybridized carbons (Fsp3) is 0.190. The number of aliphatic hydroxyl groups excluding tert-OH is 1. The van der Waals surface area contributed by atoms with E-state index in [0.717, 1.165) is 16.3 Å². The molecule has 0 aliphatic carbocycles. The zero-order valence-electron chi connectivity index (χ0n) is 14.2. The van der Waals surface area contributed by atoms with E-state index in [1.54, 1.807) is 19.1 Å². The molecule has 0 saturated heterocycles. The molecule has 4 nitrogen and oxygen atoms in total. The van der Waals surface area contributed by atoms with Crippen LogP contribution in [0.4, 0.5) is 0 Å². The summed E-state index contributed by atoms with van der Waals surface area (Å²) in [5.41, 5.74) is 2.18. The van der Waals surface area contributed by atoms with Crippen LogP contribution in [0.5, 0.6) is 5.75 Å². The monoisotopic (exact) mass is 336 g/mol. The minimum Gasteiger partial charge on any atom is -0.489 e. The Labute approximate surface area is 146 Å². The summed E-state index contributed by atoms with van der Waals surface area (Å²) in [5, 5.41) is 11.7. The van der Waals surface area contributed by atoms with Crippen molar-refractivity contribution in [3.63, 3.8) is 0 Å². The van der Waals surface area contributed by atoms with Gasteiger partial charge in [0, 0.05) is 0 Å². The van der Waals surface area contributed by atoms with E-state index in [1.807, 2.05) is 48.5 Å². The molecule has 0 amide bonds. The van der Waals surface area contributed by atoms with Gasteiger partial charge in [0.15, 0.2) is 0 Å². The van der Waals surface area contributed by atoms with E-state index in [2.05, 4.69) is 0 Å². The van der Waals surface area contributed by atoms with Gasteiger partial charge in [0.2, 0.25) is 0 Å². The summed E-state index contributed by atoms with van der Waals surface area (Å²) in [6.07, 6.45) is -0.691. The lowest BCUT2D eigenvalue weighted by molar-refractivity contribution is 0.0600. The van der Waals surface area contributed by atoms with Crippen molar-refractivity contribution in [2.75, 3.05) is 7.11 Å². The van der Waals surface area contributed by atoms with E-state index in [1.165, 1.54) is 7.11 Å². The van der Waals surface area contributed by atoms with Gasteiger partial charge in [0.25, 0.3) is 0 Å². The second kappa shape index (κ2) is 7.36. The Balaban J connectivity index is 1.96. The van der Waals surface area contributed by atoms with Gasteiger partial charge in [-0.25, -0.2) is 4.79 Å². The Kier molecular flexibility index (Phi) is 5.00. The maximum Gasteiger partial charge on any atom is 0.337 e. The summed E-state index contributed by atoms with van der Waals surface area (Å²) in [6, 6.07) is 19.0. The van der Waals surface area contributed by atoms with Crippen LogP contribution in [-0.4, -0.2) is 18.2 Å². The molecule has 25 heavy (non-hydrogen) atoms. The summed E-state index contributed by atoms with van der Waals surface area (Å²) >= 11 is 0.